The fourth-order valence-corrected chi connectivity index (χ4v) is 3.92. The maximum absolute atomic E-state index is 11.2. The van der Waals surface area contributed by atoms with Crippen LogP contribution in [-0.2, 0) is 6.42 Å². The molecule has 1 aliphatic rings. The van der Waals surface area contributed by atoms with Crippen LogP contribution < -0.4 is 5.32 Å². The third-order valence-corrected chi connectivity index (χ3v) is 5.01. The molecule has 0 radical (unpaired) electrons. The average molecular weight is 305 g/mol. The standard InChI is InChI=1S/C15H19N3O2S/c1-2-10-8-12(18(19)20)14-13(9-10)21-15(17-14)16-11-6-4-3-5-7-11/h8-9,11H,2-7H2,1H3,(H,16,17). The quantitative estimate of drug-likeness (QED) is 0.666. The van der Waals surface area contributed by atoms with E-state index < -0.39 is 0 Å². The molecule has 1 heterocycles. The van der Waals surface area contributed by atoms with Crippen LogP contribution in [0.1, 0.15) is 44.6 Å². The molecule has 112 valence electrons. The maximum atomic E-state index is 11.2. The summed E-state index contributed by atoms with van der Waals surface area (Å²) >= 11 is 1.53. The van der Waals surface area contributed by atoms with E-state index in [1.807, 2.05) is 13.0 Å². The van der Waals surface area contributed by atoms with Gasteiger partial charge in [0.1, 0.15) is 0 Å². The SMILES string of the molecule is CCc1cc([N+](=O)[O-])c2nc(NC3CCCCC3)sc2c1. The summed E-state index contributed by atoms with van der Waals surface area (Å²) < 4.78 is 0.902. The van der Waals surface area contributed by atoms with Gasteiger partial charge in [0.2, 0.25) is 0 Å². The molecule has 0 spiro atoms. The fraction of sp³-hybridized carbons (Fsp3) is 0.533. The minimum atomic E-state index is -0.328. The van der Waals surface area contributed by atoms with Crippen LogP contribution in [-0.4, -0.2) is 15.9 Å². The molecule has 1 aromatic heterocycles. The average Bonchev–Trinajstić information content (AvgIpc) is 2.89. The molecule has 0 saturated heterocycles. The van der Waals surface area contributed by atoms with E-state index in [1.54, 1.807) is 6.07 Å². The van der Waals surface area contributed by atoms with Crippen LogP contribution in [0.3, 0.4) is 0 Å². The first-order valence-electron chi connectivity index (χ1n) is 7.51. The normalized spacial score (nSPS) is 16.2. The van der Waals surface area contributed by atoms with Crippen molar-refractivity contribution in [3.63, 3.8) is 0 Å². The Kier molecular flexibility index (Phi) is 4.05. The van der Waals surface area contributed by atoms with Crippen molar-refractivity contribution in [3.8, 4) is 0 Å². The summed E-state index contributed by atoms with van der Waals surface area (Å²) in [6.07, 6.45) is 6.94. The lowest BCUT2D eigenvalue weighted by molar-refractivity contribution is -0.383. The van der Waals surface area contributed by atoms with Gasteiger partial charge in [-0.15, -0.1) is 0 Å². The van der Waals surface area contributed by atoms with E-state index in [2.05, 4.69) is 10.3 Å². The van der Waals surface area contributed by atoms with Crippen molar-refractivity contribution in [2.45, 2.75) is 51.5 Å². The van der Waals surface area contributed by atoms with Crippen molar-refractivity contribution >= 4 is 32.4 Å². The third-order valence-electron chi connectivity index (χ3n) is 4.07. The molecule has 1 aliphatic carbocycles. The summed E-state index contributed by atoms with van der Waals surface area (Å²) in [6.45, 7) is 2.01. The molecule has 1 saturated carbocycles. The molecule has 0 bridgehead atoms. The molecule has 0 atom stereocenters. The Bertz CT molecular complexity index is 662. The molecular formula is C15H19N3O2S. The zero-order valence-corrected chi connectivity index (χ0v) is 12.9. The summed E-state index contributed by atoms with van der Waals surface area (Å²) in [4.78, 5) is 15.4. The van der Waals surface area contributed by atoms with Crippen molar-refractivity contribution in [2.75, 3.05) is 5.32 Å². The van der Waals surface area contributed by atoms with E-state index in [9.17, 15) is 10.1 Å². The lowest BCUT2D eigenvalue weighted by Crippen LogP contribution is -2.21. The number of hydrogen-bond donors (Lipinski definition) is 1. The van der Waals surface area contributed by atoms with Gasteiger partial charge in [-0.05, 0) is 30.9 Å². The minimum absolute atomic E-state index is 0.122. The fourth-order valence-electron chi connectivity index (χ4n) is 2.89. The Morgan fingerprint density at radius 2 is 2.14 bits per heavy atom. The second-order valence-electron chi connectivity index (χ2n) is 5.57. The number of non-ortho nitro benzene ring substituents is 1. The van der Waals surface area contributed by atoms with E-state index in [1.165, 1.54) is 30.6 Å². The lowest BCUT2D eigenvalue weighted by Gasteiger charge is -2.22. The molecular weight excluding hydrogens is 286 g/mol. The number of benzene rings is 1. The predicted octanol–water partition coefficient (Wildman–Crippen LogP) is 4.51. The van der Waals surface area contributed by atoms with Crippen molar-refractivity contribution in [1.82, 2.24) is 4.98 Å². The van der Waals surface area contributed by atoms with E-state index in [-0.39, 0.29) is 10.6 Å². The van der Waals surface area contributed by atoms with Crippen LogP contribution >= 0.6 is 11.3 Å². The lowest BCUT2D eigenvalue weighted by atomic mass is 9.96. The molecule has 5 nitrogen and oxygen atoms in total. The first-order chi connectivity index (χ1) is 10.2. The summed E-state index contributed by atoms with van der Waals surface area (Å²) in [5.41, 5.74) is 1.62. The van der Waals surface area contributed by atoms with Gasteiger partial charge >= 0.3 is 0 Å². The first kappa shape index (κ1) is 14.3. The second kappa shape index (κ2) is 5.97. The number of nitrogens with one attached hydrogen (secondary N) is 1. The molecule has 2 aromatic rings. The Balaban J connectivity index is 1.94. The van der Waals surface area contributed by atoms with Crippen LogP contribution in [0, 0.1) is 10.1 Å². The Morgan fingerprint density at radius 1 is 1.38 bits per heavy atom. The van der Waals surface area contributed by atoms with Gasteiger partial charge in [0.05, 0.1) is 9.62 Å². The number of nitrogens with zero attached hydrogens (tertiary/aromatic N) is 2. The summed E-state index contributed by atoms with van der Waals surface area (Å²) in [6, 6.07) is 4.13. The van der Waals surface area contributed by atoms with E-state index in [0.717, 1.165) is 34.7 Å². The highest BCUT2D eigenvalue weighted by molar-refractivity contribution is 7.22. The van der Waals surface area contributed by atoms with Gasteiger partial charge in [0.15, 0.2) is 10.6 Å². The largest absolute Gasteiger partial charge is 0.359 e. The van der Waals surface area contributed by atoms with E-state index in [4.69, 9.17) is 0 Å². The number of anilines is 1. The van der Waals surface area contributed by atoms with E-state index in [0.29, 0.717) is 11.6 Å². The number of aromatic nitrogens is 1. The number of nitro groups is 1. The molecule has 21 heavy (non-hydrogen) atoms. The Hall–Kier alpha value is -1.69. The van der Waals surface area contributed by atoms with E-state index >= 15 is 0 Å². The van der Waals surface area contributed by atoms with Crippen LogP contribution in [0.2, 0.25) is 0 Å². The van der Waals surface area contributed by atoms with Gasteiger partial charge in [-0.1, -0.05) is 37.5 Å². The number of nitro benzene ring substituents is 1. The topological polar surface area (TPSA) is 68.1 Å². The van der Waals surface area contributed by atoms with Gasteiger partial charge in [0, 0.05) is 12.1 Å². The van der Waals surface area contributed by atoms with Gasteiger partial charge in [-0.3, -0.25) is 10.1 Å². The molecule has 0 unspecified atom stereocenters. The third kappa shape index (κ3) is 3.00. The van der Waals surface area contributed by atoms with Gasteiger partial charge in [-0.25, -0.2) is 4.98 Å². The molecule has 1 N–H and O–H groups in total. The van der Waals surface area contributed by atoms with Crippen molar-refractivity contribution in [2.24, 2.45) is 0 Å². The van der Waals surface area contributed by atoms with Crippen LogP contribution in [0.5, 0.6) is 0 Å². The molecule has 3 rings (SSSR count). The molecule has 0 amide bonds. The second-order valence-corrected chi connectivity index (χ2v) is 6.60. The number of aryl methyl sites for hydroxylation is 1. The highest BCUT2D eigenvalue weighted by Crippen LogP contribution is 2.35. The number of rotatable bonds is 4. The monoisotopic (exact) mass is 305 g/mol. The number of fused-ring (bicyclic) bond motifs is 1. The summed E-state index contributed by atoms with van der Waals surface area (Å²) in [5, 5.41) is 15.5. The van der Waals surface area contributed by atoms with Gasteiger partial charge in [-0.2, -0.15) is 0 Å². The summed E-state index contributed by atoms with van der Waals surface area (Å²) in [5.74, 6) is 0. The van der Waals surface area contributed by atoms with Crippen LogP contribution in [0.15, 0.2) is 12.1 Å². The number of hydrogen-bond acceptors (Lipinski definition) is 5. The smallest absolute Gasteiger partial charge is 0.296 e. The molecule has 6 heteroatoms. The minimum Gasteiger partial charge on any atom is -0.359 e. The zero-order chi connectivity index (χ0) is 14.8. The van der Waals surface area contributed by atoms with Crippen molar-refractivity contribution < 1.29 is 4.92 Å². The van der Waals surface area contributed by atoms with Crippen molar-refractivity contribution in [3.05, 3.63) is 27.8 Å². The molecule has 1 fully saturated rings. The van der Waals surface area contributed by atoms with Crippen LogP contribution in [0.25, 0.3) is 10.2 Å². The molecule has 0 aliphatic heterocycles. The highest BCUT2D eigenvalue weighted by Gasteiger charge is 2.20. The van der Waals surface area contributed by atoms with Gasteiger partial charge in [0.25, 0.3) is 5.69 Å². The van der Waals surface area contributed by atoms with Crippen LogP contribution in [0.4, 0.5) is 10.8 Å². The van der Waals surface area contributed by atoms with Gasteiger partial charge < -0.3 is 5.32 Å². The summed E-state index contributed by atoms with van der Waals surface area (Å²) in [7, 11) is 0. The predicted molar refractivity (Wildman–Crippen MR) is 86.1 cm³/mol. The Labute approximate surface area is 127 Å². The Morgan fingerprint density at radius 3 is 2.81 bits per heavy atom. The van der Waals surface area contributed by atoms with Crippen molar-refractivity contribution in [1.29, 1.82) is 0 Å². The number of thiazole rings is 1. The highest BCUT2D eigenvalue weighted by atomic mass is 32.1. The first-order valence-corrected chi connectivity index (χ1v) is 8.33. The molecule has 1 aromatic carbocycles. The maximum Gasteiger partial charge on any atom is 0.296 e. The zero-order valence-electron chi connectivity index (χ0n) is 12.1.